The largest absolute Gasteiger partial charge is 0.306 e. The second kappa shape index (κ2) is 5.45. The Morgan fingerprint density at radius 3 is 2.89 bits per heavy atom. The lowest BCUT2D eigenvalue weighted by molar-refractivity contribution is 0.410. The monoisotopic (exact) mass is 244 g/mol. The van der Waals surface area contributed by atoms with Crippen molar-refractivity contribution >= 4 is 0 Å². The number of hydrogen-bond acceptors (Lipinski definition) is 4. The average molecular weight is 244 g/mol. The number of aryl methyl sites for hydroxylation is 1. The zero-order chi connectivity index (χ0) is 13.1. The van der Waals surface area contributed by atoms with Gasteiger partial charge in [0, 0.05) is 23.9 Å². The standard InChI is InChI=1S/C14H20N4/c1-4-11(8-15)14-16-10(2)7-13(17-14)12-5-6-18(3)9-12/h7,11-12H,4-6,9H2,1-3H3. The van der Waals surface area contributed by atoms with E-state index >= 15 is 0 Å². The van der Waals surface area contributed by atoms with Crippen LogP contribution in [0.4, 0.5) is 0 Å². The number of likely N-dealkylation sites (N-methyl/N-ethyl adjacent to an activating group) is 1. The van der Waals surface area contributed by atoms with Crippen LogP contribution in [0.15, 0.2) is 6.07 Å². The van der Waals surface area contributed by atoms with Crippen LogP contribution in [-0.2, 0) is 0 Å². The van der Waals surface area contributed by atoms with E-state index < -0.39 is 0 Å². The van der Waals surface area contributed by atoms with Crippen LogP contribution in [0.1, 0.15) is 48.8 Å². The van der Waals surface area contributed by atoms with E-state index in [2.05, 4.69) is 34.1 Å². The van der Waals surface area contributed by atoms with E-state index in [4.69, 9.17) is 5.26 Å². The molecule has 1 saturated heterocycles. The number of nitrogens with zero attached hydrogens (tertiary/aromatic N) is 4. The van der Waals surface area contributed by atoms with Crippen LogP contribution in [0.2, 0.25) is 0 Å². The van der Waals surface area contributed by atoms with E-state index in [9.17, 15) is 0 Å². The molecular weight excluding hydrogens is 224 g/mol. The molecule has 0 N–H and O–H groups in total. The third-order valence-corrected chi connectivity index (χ3v) is 3.58. The molecule has 4 nitrogen and oxygen atoms in total. The van der Waals surface area contributed by atoms with Crippen LogP contribution in [0, 0.1) is 18.3 Å². The zero-order valence-corrected chi connectivity index (χ0v) is 11.3. The molecule has 0 aromatic carbocycles. The third kappa shape index (κ3) is 2.68. The molecule has 4 heteroatoms. The lowest BCUT2D eigenvalue weighted by Gasteiger charge is -2.13. The Hall–Kier alpha value is -1.47. The van der Waals surface area contributed by atoms with Gasteiger partial charge >= 0.3 is 0 Å². The van der Waals surface area contributed by atoms with Gasteiger partial charge in [0.25, 0.3) is 0 Å². The van der Waals surface area contributed by atoms with Crippen LogP contribution in [0.25, 0.3) is 0 Å². The molecule has 2 unspecified atom stereocenters. The minimum Gasteiger partial charge on any atom is -0.306 e. The molecule has 0 radical (unpaired) electrons. The summed E-state index contributed by atoms with van der Waals surface area (Å²) in [5.41, 5.74) is 2.08. The lowest BCUT2D eigenvalue weighted by atomic mass is 10.0. The van der Waals surface area contributed by atoms with Gasteiger partial charge in [-0.15, -0.1) is 0 Å². The summed E-state index contributed by atoms with van der Waals surface area (Å²) < 4.78 is 0. The maximum absolute atomic E-state index is 9.13. The first kappa shape index (κ1) is 13.0. The summed E-state index contributed by atoms with van der Waals surface area (Å²) in [6.45, 7) is 6.16. The Bertz CT molecular complexity index is 463. The number of likely N-dealkylation sites (tertiary alicyclic amines) is 1. The van der Waals surface area contributed by atoms with E-state index in [0.29, 0.717) is 11.7 Å². The average Bonchev–Trinajstić information content (AvgIpc) is 2.77. The van der Waals surface area contributed by atoms with E-state index in [-0.39, 0.29) is 5.92 Å². The second-order valence-electron chi connectivity index (χ2n) is 5.13. The molecule has 0 amide bonds. The van der Waals surface area contributed by atoms with Gasteiger partial charge in [-0.3, -0.25) is 0 Å². The van der Waals surface area contributed by atoms with Gasteiger partial charge < -0.3 is 4.90 Å². The van der Waals surface area contributed by atoms with Crippen molar-refractivity contribution in [1.82, 2.24) is 14.9 Å². The summed E-state index contributed by atoms with van der Waals surface area (Å²) in [4.78, 5) is 11.4. The van der Waals surface area contributed by atoms with Gasteiger partial charge in [-0.1, -0.05) is 6.92 Å². The summed E-state index contributed by atoms with van der Waals surface area (Å²) in [5, 5.41) is 9.13. The Kier molecular flexibility index (Phi) is 3.93. The maximum atomic E-state index is 9.13. The van der Waals surface area contributed by atoms with Gasteiger partial charge in [-0.05, 0) is 39.4 Å². The van der Waals surface area contributed by atoms with E-state index in [1.807, 2.05) is 13.8 Å². The summed E-state index contributed by atoms with van der Waals surface area (Å²) in [5.74, 6) is 1.01. The summed E-state index contributed by atoms with van der Waals surface area (Å²) in [6.07, 6.45) is 1.92. The normalized spacial score (nSPS) is 21.8. The van der Waals surface area contributed by atoms with Crippen LogP contribution < -0.4 is 0 Å². The van der Waals surface area contributed by atoms with Gasteiger partial charge in [-0.25, -0.2) is 9.97 Å². The molecule has 96 valence electrons. The molecule has 0 aliphatic carbocycles. The first-order chi connectivity index (χ1) is 8.63. The third-order valence-electron chi connectivity index (χ3n) is 3.58. The molecular formula is C14H20N4. The van der Waals surface area contributed by atoms with Gasteiger partial charge in [0.15, 0.2) is 0 Å². The van der Waals surface area contributed by atoms with Crippen molar-refractivity contribution in [2.45, 2.75) is 38.5 Å². The fourth-order valence-corrected chi connectivity index (χ4v) is 2.49. The Morgan fingerprint density at radius 2 is 2.33 bits per heavy atom. The Balaban J connectivity index is 2.29. The number of rotatable bonds is 3. The van der Waals surface area contributed by atoms with Crippen LogP contribution in [-0.4, -0.2) is 35.0 Å². The molecule has 0 spiro atoms. The minimum absolute atomic E-state index is 0.178. The van der Waals surface area contributed by atoms with Crippen LogP contribution in [0.5, 0.6) is 0 Å². The molecule has 18 heavy (non-hydrogen) atoms. The first-order valence-electron chi connectivity index (χ1n) is 6.57. The highest BCUT2D eigenvalue weighted by Crippen LogP contribution is 2.26. The molecule has 1 aliphatic heterocycles. The predicted octanol–water partition coefficient (Wildman–Crippen LogP) is 2.22. The number of nitriles is 1. The van der Waals surface area contributed by atoms with Gasteiger partial charge in [-0.2, -0.15) is 5.26 Å². The Labute approximate surface area is 109 Å². The molecule has 2 rings (SSSR count). The molecule has 1 aliphatic rings. The molecule has 0 bridgehead atoms. The molecule has 1 fully saturated rings. The van der Waals surface area contributed by atoms with Gasteiger partial charge in [0.2, 0.25) is 0 Å². The van der Waals surface area contributed by atoms with Crippen molar-refractivity contribution in [2.75, 3.05) is 20.1 Å². The summed E-state index contributed by atoms with van der Waals surface area (Å²) in [7, 11) is 2.14. The fraction of sp³-hybridized carbons (Fsp3) is 0.643. The first-order valence-corrected chi connectivity index (χ1v) is 6.57. The predicted molar refractivity (Wildman–Crippen MR) is 70.3 cm³/mol. The van der Waals surface area contributed by atoms with Crippen LogP contribution in [0.3, 0.4) is 0 Å². The van der Waals surface area contributed by atoms with Crippen molar-refractivity contribution in [3.63, 3.8) is 0 Å². The van der Waals surface area contributed by atoms with Crippen molar-refractivity contribution in [3.05, 3.63) is 23.3 Å². The highest BCUT2D eigenvalue weighted by molar-refractivity contribution is 5.19. The number of aromatic nitrogens is 2. The fourth-order valence-electron chi connectivity index (χ4n) is 2.49. The number of hydrogen-bond donors (Lipinski definition) is 0. The SMILES string of the molecule is CCC(C#N)c1nc(C)cc(C2CCN(C)C2)n1. The topological polar surface area (TPSA) is 52.8 Å². The van der Waals surface area contributed by atoms with E-state index in [1.165, 1.54) is 0 Å². The van der Waals surface area contributed by atoms with Gasteiger partial charge in [0.1, 0.15) is 11.7 Å². The van der Waals surface area contributed by atoms with Crippen molar-refractivity contribution in [2.24, 2.45) is 0 Å². The van der Waals surface area contributed by atoms with Crippen molar-refractivity contribution < 1.29 is 0 Å². The minimum atomic E-state index is -0.178. The summed E-state index contributed by atoms with van der Waals surface area (Å²) in [6, 6.07) is 4.35. The maximum Gasteiger partial charge on any atom is 0.145 e. The highest BCUT2D eigenvalue weighted by Gasteiger charge is 2.24. The Morgan fingerprint density at radius 1 is 1.56 bits per heavy atom. The lowest BCUT2D eigenvalue weighted by Crippen LogP contribution is -2.15. The molecule has 2 atom stereocenters. The highest BCUT2D eigenvalue weighted by atomic mass is 15.1. The van der Waals surface area contributed by atoms with Crippen molar-refractivity contribution in [3.8, 4) is 6.07 Å². The molecule has 2 heterocycles. The smallest absolute Gasteiger partial charge is 0.145 e. The second-order valence-corrected chi connectivity index (χ2v) is 5.13. The van der Waals surface area contributed by atoms with Crippen LogP contribution >= 0.6 is 0 Å². The molecule has 1 aromatic rings. The van der Waals surface area contributed by atoms with E-state index in [0.717, 1.165) is 37.3 Å². The molecule has 1 aromatic heterocycles. The van der Waals surface area contributed by atoms with Crippen molar-refractivity contribution in [1.29, 1.82) is 5.26 Å². The molecule has 0 saturated carbocycles. The van der Waals surface area contributed by atoms with Gasteiger partial charge in [0.05, 0.1) is 6.07 Å². The zero-order valence-electron chi connectivity index (χ0n) is 11.3. The quantitative estimate of drug-likeness (QED) is 0.818. The van der Waals surface area contributed by atoms with E-state index in [1.54, 1.807) is 0 Å². The summed E-state index contributed by atoms with van der Waals surface area (Å²) >= 11 is 0.